The molecule has 0 aliphatic carbocycles. The van der Waals surface area contributed by atoms with Gasteiger partial charge in [0.2, 0.25) is 5.91 Å². The summed E-state index contributed by atoms with van der Waals surface area (Å²) in [5.41, 5.74) is 4.67. The van der Waals surface area contributed by atoms with Gasteiger partial charge in [-0.3, -0.25) is 4.79 Å². The van der Waals surface area contributed by atoms with Crippen molar-refractivity contribution in [2.45, 2.75) is 52.5 Å². The molecule has 0 spiro atoms. The monoisotopic (exact) mass is 297 g/mol. The molecule has 1 aromatic carbocycles. The van der Waals surface area contributed by atoms with Crippen LogP contribution in [0, 0.1) is 13.8 Å². The SMILES string of the molecule is Cc1ccc(C2CC(=O)Nc3c2cnn3C(C)(C)C)cc1C. The zero-order valence-corrected chi connectivity index (χ0v) is 13.9. The van der Waals surface area contributed by atoms with E-state index in [2.05, 4.69) is 63.2 Å². The predicted molar refractivity (Wildman–Crippen MR) is 88.2 cm³/mol. The maximum absolute atomic E-state index is 12.2. The Morgan fingerprint density at radius 3 is 2.59 bits per heavy atom. The summed E-state index contributed by atoms with van der Waals surface area (Å²) in [5.74, 6) is 0.979. The van der Waals surface area contributed by atoms with Gasteiger partial charge in [-0.2, -0.15) is 5.10 Å². The summed E-state index contributed by atoms with van der Waals surface area (Å²) in [7, 11) is 0. The fourth-order valence-electron chi connectivity index (χ4n) is 3.01. The van der Waals surface area contributed by atoms with Gasteiger partial charge in [0.1, 0.15) is 5.82 Å². The maximum Gasteiger partial charge on any atom is 0.226 e. The minimum absolute atomic E-state index is 0.0572. The second-order valence-corrected chi connectivity index (χ2v) is 7.18. The third-order valence-electron chi connectivity index (χ3n) is 4.39. The lowest BCUT2D eigenvalue weighted by atomic mass is 9.86. The smallest absolute Gasteiger partial charge is 0.226 e. The molecule has 1 atom stereocenters. The van der Waals surface area contributed by atoms with Gasteiger partial charge in [-0.05, 0) is 51.3 Å². The number of nitrogens with zero attached hydrogens (tertiary/aromatic N) is 2. The first-order valence-corrected chi connectivity index (χ1v) is 7.73. The molecule has 0 saturated heterocycles. The quantitative estimate of drug-likeness (QED) is 0.872. The van der Waals surface area contributed by atoms with Gasteiger partial charge in [-0.25, -0.2) is 4.68 Å². The summed E-state index contributed by atoms with van der Waals surface area (Å²) < 4.78 is 1.91. The lowest BCUT2D eigenvalue weighted by Crippen LogP contribution is -2.30. The Hall–Kier alpha value is -2.10. The molecule has 1 aromatic heterocycles. The van der Waals surface area contributed by atoms with Crippen LogP contribution in [0.4, 0.5) is 5.82 Å². The topological polar surface area (TPSA) is 46.9 Å². The van der Waals surface area contributed by atoms with Crippen molar-refractivity contribution in [3.63, 3.8) is 0 Å². The van der Waals surface area contributed by atoms with E-state index in [-0.39, 0.29) is 17.4 Å². The summed E-state index contributed by atoms with van der Waals surface area (Å²) in [6.07, 6.45) is 2.38. The highest BCUT2D eigenvalue weighted by atomic mass is 16.1. The van der Waals surface area contributed by atoms with Gasteiger partial charge >= 0.3 is 0 Å². The van der Waals surface area contributed by atoms with E-state index in [0.717, 1.165) is 11.4 Å². The Labute approximate surface area is 131 Å². The van der Waals surface area contributed by atoms with E-state index in [0.29, 0.717) is 6.42 Å². The van der Waals surface area contributed by atoms with Crippen molar-refractivity contribution in [2.24, 2.45) is 0 Å². The molecule has 116 valence electrons. The van der Waals surface area contributed by atoms with Crippen LogP contribution in [0.15, 0.2) is 24.4 Å². The third kappa shape index (κ3) is 2.43. The fraction of sp³-hybridized carbons (Fsp3) is 0.444. The zero-order valence-electron chi connectivity index (χ0n) is 13.9. The highest BCUT2D eigenvalue weighted by molar-refractivity contribution is 5.94. The molecular weight excluding hydrogens is 274 g/mol. The van der Waals surface area contributed by atoms with Gasteiger partial charge in [0, 0.05) is 17.9 Å². The summed E-state index contributed by atoms with van der Waals surface area (Å²) in [4.78, 5) is 12.2. The number of hydrogen-bond acceptors (Lipinski definition) is 2. The molecule has 2 aromatic rings. The second kappa shape index (κ2) is 4.97. The molecule has 3 rings (SSSR count). The number of nitrogens with one attached hydrogen (secondary N) is 1. The van der Waals surface area contributed by atoms with E-state index in [9.17, 15) is 4.79 Å². The van der Waals surface area contributed by atoms with Crippen LogP contribution in [-0.2, 0) is 10.3 Å². The average Bonchev–Trinajstić information content (AvgIpc) is 2.84. The number of aromatic nitrogens is 2. The van der Waals surface area contributed by atoms with Crippen molar-refractivity contribution in [2.75, 3.05) is 5.32 Å². The number of anilines is 1. The molecular formula is C18H23N3O. The first kappa shape index (κ1) is 14.8. The molecule has 1 N–H and O–H groups in total. The largest absolute Gasteiger partial charge is 0.311 e. The Balaban J connectivity index is 2.11. The van der Waals surface area contributed by atoms with Crippen LogP contribution >= 0.6 is 0 Å². The van der Waals surface area contributed by atoms with Crippen LogP contribution in [0.3, 0.4) is 0 Å². The minimum atomic E-state index is -0.161. The molecule has 0 radical (unpaired) electrons. The maximum atomic E-state index is 12.2. The van der Waals surface area contributed by atoms with Gasteiger partial charge in [-0.15, -0.1) is 0 Å². The van der Waals surface area contributed by atoms with Crippen LogP contribution in [0.1, 0.15) is 55.4 Å². The van der Waals surface area contributed by atoms with E-state index >= 15 is 0 Å². The molecule has 0 saturated carbocycles. The van der Waals surface area contributed by atoms with Gasteiger partial charge < -0.3 is 5.32 Å². The Kier molecular flexibility index (Phi) is 3.35. The number of aryl methyl sites for hydroxylation is 2. The normalized spacial score (nSPS) is 18.0. The number of rotatable bonds is 1. The summed E-state index contributed by atoms with van der Waals surface area (Å²) in [6, 6.07) is 6.45. The average molecular weight is 297 g/mol. The minimum Gasteiger partial charge on any atom is -0.311 e. The second-order valence-electron chi connectivity index (χ2n) is 7.18. The van der Waals surface area contributed by atoms with Crippen molar-refractivity contribution in [3.05, 3.63) is 46.6 Å². The van der Waals surface area contributed by atoms with E-state index in [1.54, 1.807) is 0 Å². The Morgan fingerprint density at radius 1 is 1.23 bits per heavy atom. The van der Waals surface area contributed by atoms with Crippen LogP contribution < -0.4 is 5.32 Å². The standard InChI is InChI=1S/C18H23N3O/c1-11-6-7-13(8-12(11)2)14-9-16(22)20-17-15(14)10-19-21(17)18(3,4)5/h6-8,10,14H,9H2,1-5H3,(H,20,22). The van der Waals surface area contributed by atoms with Crippen molar-refractivity contribution in [1.29, 1.82) is 0 Å². The van der Waals surface area contributed by atoms with Crippen LogP contribution in [0.5, 0.6) is 0 Å². The number of amides is 1. The first-order valence-electron chi connectivity index (χ1n) is 7.73. The molecule has 1 amide bonds. The zero-order chi connectivity index (χ0) is 16.1. The molecule has 4 heteroatoms. The predicted octanol–water partition coefficient (Wildman–Crippen LogP) is 3.73. The highest BCUT2D eigenvalue weighted by Gasteiger charge is 2.32. The van der Waals surface area contributed by atoms with Crippen molar-refractivity contribution < 1.29 is 4.79 Å². The molecule has 1 aliphatic rings. The molecule has 2 heterocycles. The molecule has 22 heavy (non-hydrogen) atoms. The van der Waals surface area contributed by atoms with Crippen LogP contribution in [0.25, 0.3) is 0 Å². The molecule has 1 aliphatic heterocycles. The van der Waals surface area contributed by atoms with Crippen LogP contribution in [-0.4, -0.2) is 15.7 Å². The molecule has 0 bridgehead atoms. The Morgan fingerprint density at radius 2 is 1.95 bits per heavy atom. The van der Waals surface area contributed by atoms with Crippen molar-refractivity contribution >= 4 is 11.7 Å². The van der Waals surface area contributed by atoms with E-state index in [4.69, 9.17) is 0 Å². The molecule has 0 fully saturated rings. The summed E-state index contributed by atoms with van der Waals surface area (Å²) in [5, 5.41) is 7.52. The number of hydrogen-bond donors (Lipinski definition) is 1. The van der Waals surface area contributed by atoms with Crippen LogP contribution in [0.2, 0.25) is 0 Å². The first-order chi connectivity index (χ1) is 10.3. The van der Waals surface area contributed by atoms with Crippen molar-refractivity contribution in [3.8, 4) is 0 Å². The Bertz CT molecular complexity index is 737. The lowest BCUT2D eigenvalue weighted by molar-refractivity contribution is -0.116. The molecule has 1 unspecified atom stereocenters. The van der Waals surface area contributed by atoms with E-state index in [1.807, 2.05) is 10.9 Å². The number of benzene rings is 1. The van der Waals surface area contributed by atoms with Gasteiger partial charge in [0.05, 0.1) is 11.7 Å². The third-order valence-corrected chi connectivity index (χ3v) is 4.39. The summed E-state index contributed by atoms with van der Waals surface area (Å²) in [6.45, 7) is 10.5. The van der Waals surface area contributed by atoms with Crippen molar-refractivity contribution in [1.82, 2.24) is 9.78 Å². The van der Waals surface area contributed by atoms with E-state index in [1.165, 1.54) is 16.7 Å². The highest BCUT2D eigenvalue weighted by Crippen LogP contribution is 2.39. The lowest BCUT2D eigenvalue weighted by Gasteiger charge is -2.28. The van der Waals surface area contributed by atoms with E-state index < -0.39 is 0 Å². The number of carbonyl (C=O) groups is 1. The van der Waals surface area contributed by atoms with Gasteiger partial charge in [0.25, 0.3) is 0 Å². The van der Waals surface area contributed by atoms with Gasteiger partial charge in [0.15, 0.2) is 0 Å². The summed E-state index contributed by atoms with van der Waals surface area (Å²) >= 11 is 0. The molecule has 4 nitrogen and oxygen atoms in total. The number of carbonyl (C=O) groups excluding carboxylic acids is 1. The fourth-order valence-corrected chi connectivity index (χ4v) is 3.01. The van der Waals surface area contributed by atoms with Gasteiger partial charge in [-0.1, -0.05) is 18.2 Å². The number of fused-ring (bicyclic) bond motifs is 1.